The summed E-state index contributed by atoms with van der Waals surface area (Å²) in [5.41, 5.74) is 7.42. The van der Waals surface area contributed by atoms with Crippen LogP contribution < -0.4 is 11.0 Å². The average Bonchev–Trinajstić information content (AvgIpc) is 2.96. The molecule has 188 valence electrons. The number of hydrogen-bond donors (Lipinski definition) is 1. The number of hydrogen-bond acceptors (Lipinski definition) is 5. The molecule has 0 spiro atoms. The Bertz CT molecular complexity index is 1680. The highest BCUT2D eigenvalue weighted by Gasteiger charge is 2.15. The molecule has 0 saturated carbocycles. The second kappa shape index (κ2) is 11.5. The number of carbonyl (C=O) groups is 1. The number of halogens is 1. The zero-order valence-corrected chi connectivity index (χ0v) is 22.0. The van der Waals surface area contributed by atoms with E-state index < -0.39 is 0 Å². The van der Waals surface area contributed by atoms with Crippen LogP contribution >= 0.6 is 23.4 Å². The van der Waals surface area contributed by atoms with E-state index in [0.717, 1.165) is 16.7 Å². The summed E-state index contributed by atoms with van der Waals surface area (Å²) < 4.78 is 1.50. The van der Waals surface area contributed by atoms with E-state index in [1.54, 1.807) is 42.5 Å². The summed E-state index contributed by atoms with van der Waals surface area (Å²) in [5.74, 6) is -0.275. The van der Waals surface area contributed by atoms with E-state index in [1.165, 1.54) is 16.3 Å². The molecular weight excluding hydrogens is 516 g/mol. The standard InChI is InChI=1S/C30H23ClN4O2S/c1-20(21-11-13-23(14-12-21)22-7-3-2-4-8-22)33-34-28(36)19-38-30-32-27-10-6-5-9-26(27)29(37)35(30)25-17-15-24(31)16-18-25/h2-18H,19H2,1H3,(H,34,36). The van der Waals surface area contributed by atoms with Crippen LogP contribution in [0.5, 0.6) is 0 Å². The Morgan fingerprint density at radius 2 is 1.55 bits per heavy atom. The van der Waals surface area contributed by atoms with Gasteiger partial charge in [-0.3, -0.25) is 14.2 Å². The van der Waals surface area contributed by atoms with Gasteiger partial charge in [-0.25, -0.2) is 10.4 Å². The van der Waals surface area contributed by atoms with Crippen molar-refractivity contribution in [3.05, 3.63) is 124 Å². The number of fused-ring (bicyclic) bond motifs is 1. The predicted octanol–water partition coefficient (Wildman–Crippen LogP) is 6.34. The molecular formula is C30H23ClN4O2S. The normalized spacial score (nSPS) is 11.5. The van der Waals surface area contributed by atoms with Gasteiger partial charge in [-0.05, 0) is 60.0 Å². The molecule has 0 saturated heterocycles. The van der Waals surface area contributed by atoms with Crippen LogP contribution in [0.1, 0.15) is 12.5 Å². The lowest BCUT2D eigenvalue weighted by atomic mass is 10.0. The molecule has 6 nitrogen and oxygen atoms in total. The zero-order chi connectivity index (χ0) is 26.5. The minimum absolute atomic E-state index is 0.0299. The number of para-hydroxylation sites is 1. The summed E-state index contributed by atoms with van der Waals surface area (Å²) in [7, 11) is 0. The molecule has 0 aliphatic rings. The van der Waals surface area contributed by atoms with Gasteiger partial charge in [-0.15, -0.1) is 0 Å². The number of hydrazone groups is 1. The molecule has 8 heteroatoms. The summed E-state index contributed by atoms with van der Waals surface area (Å²) in [6.45, 7) is 1.84. The van der Waals surface area contributed by atoms with Gasteiger partial charge in [0, 0.05) is 5.02 Å². The Kier molecular flexibility index (Phi) is 7.67. The summed E-state index contributed by atoms with van der Waals surface area (Å²) >= 11 is 7.21. The Morgan fingerprint density at radius 3 is 2.29 bits per heavy atom. The van der Waals surface area contributed by atoms with Crippen molar-refractivity contribution in [1.82, 2.24) is 15.0 Å². The van der Waals surface area contributed by atoms with Gasteiger partial charge in [0.15, 0.2) is 5.16 Å². The Hall–Kier alpha value is -4.20. The fraction of sp³-hybridized carbons (Fsp3) is 0.0667. The van der Waals surface area contributed by atoms with E-state index in [0.29, 0.717) is 32.5 Å². The van der Waals surface area contributed by atoms with Crippen LogP contribution in [0, 0.1) is 0 Å². The lowest BCUT2D eigenvalue weighted by Crippen LogP contribution is -2.24. The van der Waals surface area contributed by atoms with Crippen molar-refractivity contribution < 1.29 is 4.79 Å². The monoisotopic (exact) mass is 538 g/mol. The first-order chi connectivity index (χ1) is 18.5. The number of amides is 1. The van der Waals surface area contributed by atoms with Crippen LogP contribution in [0.4, 0.5) is 0 Å². The van der Waals surface area contributed by atoms with Gasteiger partial charge >= 0.3 is 0 Å². The molecule has 38 heavy (non-hydrogen) atoms. The van der Waals surface area contributed by atoms with Crippen molar-refractivity contribution in [2.75, 3.05) is 5.75 Å². The largest absolute Gasteiger partial charge is 0.272 e. The molecule has 1 amide bonds. The van der Waals surface area contributed by atoms with Crippen LogP contribution in [-0.2, 0) is 4.79 Å². The fourth-order valence-corrected chi connectivity index (χ4v) is 4.87. The molecule has 0 atom stereocenters. The summed E-state index contributed by atoms with van der Waals surface area (Å²) in [4.78, 5) is 30.6. The minimum atomic E-state index is -0.305. The van der Waals surface area contributed by atoms with Crippen LogP contribution in [0.2, 0.25) is 5.02 Å². The highest BCUT2D eigenvalue weighted by atomic mass is 35.5. The Morgan fingerprint density at radius 1 is 0.895 bits per heavy atom. The molecule has 0 bridgehead atoms. The predicted molar refractivity (Wildman–Crippen MR) is 155 cm³/mol. The maximum Gasteiger partial charge on any atom is 0.266 e. The van der Waals surface area contributed by atoms with E-state index in [1.807, 2.05) is 55.5 Å². The number of thioether (sulfide) groups is 1. The topological polar surface area (TPSA) is 76.3 Å². The van der Waals surface area contributed by atoms with Gasteiger partial charge in [0.2, 0.25) is 0 Å². The first-order valence-corrected chi connectivity index (χ1v) is 13.3. The lowest BCUT2D eigenvalue weighted by molar-refractivity contribution is -0.118. The molecule has 1 aromatic heterocycles. The van der Waals surface area contributed by atoms with E-state index in [9.17, 15) is 9.59 Å². The SMILES string of the molecule is CC(=NNC(=O)CSc1nc2ccccc2c(=O)n1-c1ccc(Cl)cc1)c1ccc(-c2ccccc2)cc1. The van der Waals surface area contributed by atoms with Crippen LogP contribution in [0.15, 0.2) is 118 Å². The van der Waals surface area contributed by atoms with E-state index in [-0.39, 0.29) is 17.2 Å². The van der Waals surface area contributed by atoms with Crippen LogP contribution in [-0.4, -0.2) is 26.9 Å². The van der Waals surface area contributed by atoms with E-state index >= 15 is 0 Å². The summed E-state index contributed by atoms with van der Waals surface area (Å²) in [6, 6.07) is 32.2. The number of nitrogens with one attached hydrogen (secondary N) is 1. The number of carbonyl (C=O) groups excluding carboxylic acids is 1. The second-order valence-corrected chi connectivity index (χ2v) is 9.87. The number of nitrogens with zero attached hydrogens (tertiary/aromatic N) is 3. The number of aromatic nitrogens is 2. The maximum absolute atomic E-state index is 13.3. The molecule has 0 aliphatic heterocycles. The maximum atomic E-state index is 13.3. The molecule has 0 fully saturated rings. The fourth-order valence-electron chi connectivity index (χ4n) is 3.93. The zero-order valence-electron chi connectivity index (χ0n) is 20.5. The Balaban J connectivity index is 1.31. The van der Waals surface area contributed by atoms with Gasteiger partial charge in [0.05, 0.1) is 28.1 Å². The van der Waals surface area contributed by atoms with Crippen molar-refractivity contribution in [3.8, 4) is 16.8 Å². The van der Waals surface area contributed by atoms with Crippen molar-refractivity contribution in [2.24, 2.45) is 5.10 Å². The van der Waals surface area contributed by atoms with Crippen molar-refractivity contribution in [1.29, 1.82) is 0 Å². The summed E-state index contributed by atoms with van der Waals surface area (Å²) in [6.07, 6.45) is 0. The molecule has 0 unspecified atom stereocenters. The molecule has 5 rings (SSSR count). The molecule has 1 N–H and O–H groups in total. The van der Waals surface area contributed by atoms with Gasteiger partial charge in [-0.2, -0.15) is 5.10 Å². The van der Waals surface area contributed by atoms with Gasteiger partial charge < -0.3 is 0 Å². The summed E-state index contributed by atoms with van der Waals surface area (Å²) in [5, 5.41) is 5.73. The molecule has 4 aromatic carbocycles. The number of rotatable bonds is 7. The quantitative estimate of drug-likeness (QED) is 0.113. The third-order valence-electron chi connectivity index (χ3n) is 5.92. The number of benzene rings is 4. The molecule has 5 aromatic rings. The average molecular weight is 539 g/mol. The third-order valence-corrected chi connectivity index (χ3v) is 7.11. The second-order valence-electron chi connectivity index (χ2n) is 8.49. The van der Waals surface area contributed by atoms with E-state index in [4.69, 9.17) is 11.6 Å². The van der Waals surface area contributed by atoms with Crippen LogP contribution in [0.3, 0.4) is 0 Å². The first kappa shape index (κ1) is 25.4. The lowest BCUT2D eigenvalue weighted by Gasteiger charge is -2.13. The Labute approximate surface area is 229 Å². The van der Waals surface area contributed by atoms with Gasteiger partial charge in [0.25, 0.3) is 11.5 Å². The molecule has 0 radical (unpaired) electrons. The highest BCUT2D eigenvalue weighted by Crippen LogP contribution is 2.23. The first-order valence-electron chi connectivity index (χ1n) is 11.9. The minimum Gasteiger partial charge on any atom is -0.272 e. The van der Waals surface area contributed by atoms with Gasteiger partial charge in [-0.1, -0.05) is 90.1 Å². The van der Waals surface area contributed by atoms with Crippen molar-refractivity contribution in [3.63, 3.8) is 0 Å². The molecule has 0 aliphatic carbocycles. The van der Waals surface area contributed by atoms with Gasteiger partial charge in [0.1, 0.15) is 0 Å². The molecule has 1 heterocycles. The van der Waals surface area contributed by atoms with Crippen molar-refractivity contribution in [2.45, 2.75) is 12.1 Å². The van der Waals surface area contributed by atoms with Crippen LogP contribution in [0.25, 0.3) is 27.7 Å². The third kappa shape index (κ3) is 5.69. The van der Waals surface area contributed by atoms with E-state index in [2.05, 4.69) is 27.6 Å². The highest BCUT2D eigenvalue weighted by molar-refractivity contribution is 7.99. The van der Waals surface area contributed by atoms with Crippen molar-refractivity contribution >= 4 is 45.9 Å². The smallest absolute Gasteiger partial charge is 0.266 e.